The van der Waals surface area contributed by atoms with Crippen LogP contribution in [0.4, 0.5) is 8.78 Å². The van der Waals surface area contributed by atoms with E-state index in [0.717, 1.165) is 6.07 Å². The highest BCUT2D eigenvalue weighted by molar-refractivity contribution is 5.85. The molecule has 132 valence electrons. The molecule has 4 nitrogen and oxygen atoms in total. The molecule has 1 aromatic rings. The Bertz CT molecular complexity index is 640. The lowest BCUT2D eigenvalue weighted by atomic mass is 9.79. The molecular weight excluding hydrogens is 316 g/mol. The maximum absolute atomic E-state index is 14.1. The Balaban J connectivity index is 2.16. The van der Waals surface area contributed by atoms with Crippen LogP contribution in [0.25, 0.3) is 0 Å². The van der Waals surface area contributed by atoms with E-state index in [0.29, 0.717) is 0 Å². The van der Waals surface area contributed by atoms with Gasteiger partial charge in [-0.05, 0) is 45.7 Å². The molecule has 1 N–H and O–H groups in total. The van der Waals surface area contributed by atoms with Crippen molar-refractivity contribution in [3.05, 3.63) is 35.4 Å². The molecule has 1 heterocycles. The topological polar surface area (TPSA) is 55.4 Å². The molecule has 0 bridgehead atoms. The Labute approximate surface area is 140 Å². The van der Waals surface area contributed by atoms with Crippen molar-refractivity contribution in [3.8, 4) is 0 Å². The fourth-order valence-electron chi connectivity index (χ4n) is 3.02. The predicted octanol–water partition coefficient (Wildman–Crippen LogP) is 3.30. The molecule has 2 rings (SSSR count). The number of carbonyl (C=O) groups excluding carboxylic acids is 2. The molecule has 0 unspecified atom stereocenters. The smallest absolute Gasteiger partial charge is 0.307 e. The molecule has 3 atom stereocenters. The molecule has 0 aromatic heterocycles. The molecule has 1 amide bonds. The first-order valence-electron chi connectivity index (χ1n) is 8.04. The van der Waals surface area contributed by atoms with Gasteiger partial charge in [0.25, 0.3) is 0 Å². The highest BCUT2D eigenvalue weighted by Gasteiger charge is 2.37. The van der Waals surface area contributed by atoms with Crippen LogP contribution in [-0.4, -0.2) is 23.5 Å². The Morgan fingerprint density at radius 2 is 2.00 bits per heavy atom. The molecule has 24 heavy (non-hydrogen) atoms. The van der Waals surface area contributed by atoms with Crippen LogP contribution in [0, 0.1) is 17.6 Å². The molecule has 1 aliphatic rings. The van der Waals surface area contributed by atoms with Crippen LogP contribution in [-0.2, 0) is 14.3 Å². The largest absolute Gasteiger partial charge is 0.460 e. The zero-order chi connectivity index (χ0) is 18.1. The average molecular weight is 339 g/mol. The van der Waals surface area contributed by atoms with E-state index in [1.165, 1.54) is 12.1 Å². The number of amides is 1. The minimum atomic E-state index is -0.916. The Kier molecular flexibility index (Phi) is 5.26. The van der Waals surface area contributed by atoms with Gasteiger partial charge < -0.3 is 10.1 Å². The highest BCUT2D eigenvalue weighted by Crippen LogP contribution is 2.35. The van der Waals surface area contributed by atoms with E-state index in [1.807, 2.05) is 0 Å². The van der Waals surface area contributed by atoms with Gasteiger partial charge in [0.1, 0.15) is 5.60 Å². The lowest BCUT2D eigenvalue weighted by Crippen LogP contribution is -2.47. The summed E-state index contributed by atoms with van der Waals surface area (Å²) in [6, 6.07) is 3.67. The summed E-state index contributed by atoms with van der Waals surface area (Å²) in [4.78, 5) is 24.1. The van der Waals surface area contributed by atoms with Gasteiger partial charge in [-0.1, -0.05) is 12.1 Å². The second-order valence-corrected chi connectivity index (χ2v) is 7.27. The molecule has 0 spiro atoms. The minimum Gasteiger partial charge on any atom is -0.460 e. The molecule has 1 aromatic carbocycles. The molecule has 1 saturated heterocycles. The van der Waals surface area contributed by atoms with Gasteiger partial charge in [0.2, 0.25) is 5.91 Å². The summed E-state index contributed by atoms with van der Waals surface area (Å²) < 4.78 is 32.8. The van der Waals surface area contributed by atoms with Crippen molar-refractivity contribution in [3.63, 3.8) is 0 Å². The van der Waals surface area contributed by atoms with E-state index in [1.54, 1.807) is 27.7 Å². The average Bonchev–Trinajstić information content (AvgIpc) is 2.43. The molecular formula is C18H23F2NO3. The normalized spacial score (nSPS) is 24.4. The zero-order valence-corrected chi connectivity index (χ0v) is 14.4. The van der Waals surface area contributed by atoms with Gasteiger partial charge in [0.05, 0.1) is 6.42 Å². The standard InChI is InChI=1S/C18H23F2NO3/c1-10-13(12-6-5-7-14(19)16(12)20)8-11(17(23)21-10)9-15(22)24-18(2,3)4/h5-7,10-11,13H,8-9H2,1-4H3,(H,21,23)/t10-,11-,13-/m1/s1. The first-order valence-corrected chi connectivity index (χ1v) is 8.04. The zero-order valence-electron chi connectivity index (χ0n) is 14.4. The van der Waals surface area contributed by atoms with Gasteiger partial charge in [0, 0.05) is 17.9 Å². The molecule has 0 aliphatic carbocycles. The quantitative estimate of drug-likeness (QED) is 0.860. The second-order valence-electron chi connectivity index (χ2n) is 7.27. The summed E-state index contributed by atoms with van der Waals surface area (Å²) in [6.07, 6.45) is 0.190. The van der Waals surface area contributed by atoms with Gasteiger partial charge >= 0.3 is 5.97 Å². The highest BCUT2D eigenvalue weighted by atomic mass is 19.2. The van der Waals surface area contributed by atoms with E-state index >= 15 is 0 Å². The van der Waals surface area contributed by atoms with Gasteiger partial charge in [-0.3, -0.25) is 9.59 Å². The first-order chi connectivity index (χ1) is 11.1. The van der Waals surface area contributed by atoms with Crippen LogP contribution in [0.15, 0.2) is 18.2 Å². The summed E-state index contributed by atoms with van der Waals surface area (Å²) in [6.45, 7) is 6.99. The molecule has 6 heteroatoms. The number of hydrogen-bond donors (Lipinski definition) is 1. The number of benzene rings is 1. The second kappa shape index (κ2) is 6.87. The van der Waals surface area contributed by atoms with Crippen molar-refractivity contribution >= 4 is 11.9 Å². The van der Waals surface area contributed by atoms with Crippen LogP contribution < -0.4 is 5.32 Å². The number of hydrogen-bond acceptors (Lipinski definition) is 3. The van der Waals surface area contributed by atoms with Gasteiger partial charge in [-0.25, -0.2) is 8.78 Å². The van der Waals surface area contributed by atoms with E-state index in [4.69, 9.17) is 4.74 Å². The Morgan fingerprint density at radius 3 is 2.62 bits per heavy atom. The maximum atomic E-state index is 14.1. The monoisotopic (exact) mass is 339 g/mol. The third kappa shape index (κ3) is 4.30. The molecule has 0 saturated carbocycles. The van der Waals surface area contributed by atoms with Crippen LogP contribution in [0.5, 0.6) is 0 Å². The lowest BCUT2D eigenvalue weighted by molar-refractivity contribution is -0.158. The summed E-state index contributed by atoms with van der Waals surface area (Å²) >= 11 is 0. The van der Waals surface area contributed by atoms with Crippen molar-refractivity contribution in [2.75, 3.05) is 0 Å². The number of esters is 1. The van der Waals surface area contributed by atoms with Crippen LogP contribution in [0.1, 0.15) is 52.0 Å². The van der Waals surface area contributed by atoms with E-state index in [9.17, 15) is 18.4 Å². The third-order valence-electron chi connectivity index (χ3n) is 4.10. The van der Waals surface area contributed by atoms with Crippen LogP contribution >= 0.6 is 0 Å². The molecule has 1 fully saturated rings. The molecule has 0 radical (unpaired) electrons. The maximum Gasteiger partial charge on any atom is 0.307 e. The Morgan fingerprint density at radius 1 is 1.33 bits per heavy atom. The predicted molar refractivity (Wildman–Crippen MR) is 85.3 cm³/mol. The SMILES string of the molecule is C[C@H]1NC(=O)[C@@H](CC(=O)OC(C)(C)C)C[C@H]1c1cccc(F)c1F. The fourth-order valence-corrected chi connectivity index (χ4v) is 3.02. The summed E-state index contributed by atoms with van der Waals surface area (Å²) in [7, 11) is 0. The first kappa shape index (κ1) is 18.4. The number of rotatable bonds is 3. The van der Waals surface area contributed by atoms with Crippen LogP contribution in [0.3, 0.4) is 0 Å². The van der Waals surface area contributed by atoms with Gasteiger partial charge in [0.15, 0.2) is 11.6 Å². The van der Waals surface area contributed by atoms with Gasteiger partial charge in [-0.15, -0.1) is 0 Å². The van der Waals surface area contributed by atoms with Crippen molar-refractivity contribution in [1.29, 1.82) is 0 Å². The number of carbonyl (C=O) groups is 2. The Hall–Kier alpha value is -1.98. The fraction of sp³-hybridized carbons (Fsp3) is 0.556. The third-order valence-corrected chi connectivity index (χ3v) is 4.10. The van der Waals surface area contributed by atoms with Crippen LogP contribution in [0.2, 0.25) is 0 Å². The van der Waals surface area contributed by atoms with E-state index in [2.05, 4.69) is 5.32 Å². The summed E-state index contributed by atoms with van der Waals surface area (Å²) in [5.74, 6) is -3.58. The summed E-state index contributed by atoms with van der Waals surface area (Å²) in [5.41, 5.74) is -0.416. The number of piperidine rings is 1. The van der Waals surface area contributed by atoms with Crippen molar-refractivity contribution in [2.45, 2.75) is 58.1 Å². The minimum absolute atomic E-state index is 0.0801. The lowest BCUT2D eigenvalue weighted by Gasteiger charge is -2.35. The summed E-state index contributed by atoms with van der Waals surface area (Å²) in [5, 5.41) is 2.76. The number of nitrogens with one attached hydrogen (secondary N) is 1. The molecule has 1 aliphatic heterocycles. The van der Waals surface area contributed by atoms with Crippen molar-refractivity contribution in [1.82, 2.24) is 5.32 Å². The van der Waals surface area contributed by atoms with E-state index in [-0.39, 0.29) is 30.4 Å². The number of ether oxygens (including phenoxy) is 1. The van der Waals surface area contributed by atoms with Crippen molar-refractivity contribution in [2.24, 2.45) is 5.92 Å². The van der Waals surface area contributed by atoms with Gasteiger partial charge in [-0.2, -0.15) is 0 Å². The van der Waals surface area contributed by atoms with E-state index < -0.39 is 35.0 Å². The number of halogens is 2. The van der Waals surface area contributed by atoms with Crippen molar-refractivity contribution < 1.29 is 23.1 Å².